The van der Waals surface area contributed by atoms with Crippen molar-refractivity contribution in [3.05, 3.63) is 288 Å². The summed E-state index contributed by atoms with van der Waals surface area (Å²) in [4.78, 5) is 0. The number of fused-ring (bicyclic) bond motifs is 12. The monoisotopic (exact) mass is 1150 g/mol. The molecule has 0 aromatic heterocycles. The highest BCUT2D eigenvalue weighted by atomic mass is 16.5. The van der Waals surface area contributed by atoms with Gasteiger partial charge in [0, 0.05) is 10.8 Å². The molecule has 0 atom stereocenters. The number of hydrogen-bond acceptors (Lipinski definition) is 2. The number of benzene rings is 15. The van der Waals surface area contributed by atoms with Crippen LogP contribution in [0.3, 0.4) is 0 Å². The van der Waals surface area contributed by atoms with Crippen molar-refractivity contribution in [3.8, 4) is 101 Å². The number of ether oxygens (including phenoxy) is 2. The summed E-state index contributed by atoms with van der Waals surface area (Å²) in [5.74, 6) is 1.80. The van der Waals surface area contributed by atoms with Crippen molar-refractivity contribution < 1.29 is 9.47 Å². The minimum absolute atomic E-state index is 0.235. The molecule has 0 unspecified atom stereocenters. The predicted molar refractivity (Wildman–Crippen MR) is 382 cm³/mol. The zero-order valence-corrected chi connectivity index (χ0v) is 52.1. The number of hydrogen-bond donors (Lipinski definition) is 0. The molecule has 430 valence electrons. The van der Waals surface area contributed by atoms with E-state index >= 15 is 0 Å². The second-order valence-corrected chi connectivity index (χ2v) is 26.2. The van der Waals surface area contributed by atoms with E-state index in [0.29, 0.717) is 0 Å². The second-order valence-electron chi connectivity index (χ2n) is 26.2. The lowest BCUT2D eigenvalue weighted by Gasteiger charge is -2.24. The summed E-state index contributed by atoms with van der Waals surface area (Å²) >= 11 is 0. The molecule has 15 aromatic carbocycles. The van der Waals surface area contributed by atoms with Crippen LogP contribution in [0.4, 0.5) is 0 Å². The fraction of sp³-hybridized carbons (Fsp3) is 0.114. The van der Waals surface area contributed by atoms with Crippen LogP contribution in [0.15, 0.2) is 255 Å². The summed E-state index contributed by atoms with van der Waals surface area (Å²) in [5, 5.41) is 15.0. The van der Waals surface area contributed by atoms with Crippen LogP contribution in [0.1, 0.15) is 61.1 Å². The van der Waals surface area contributed by atoms with Gasteiger partial charge in [-0.05, 0) is 249 Å². The van der Waals surface area contributed by atoms with Gasteiger partial charge in [-0.25, -0.2) is 0 Å². The smallest absolute Gasteiger partial charge is 0.121 e. The normalized spacial score (nSPS) is 13.5. The van der Waals surface area contributed by atoms with Crippen molar-refractivity contribution >= 4 is 64.6 Å². The maximum atomic E-state index is 5.74. The van der Waals surface area contributed by atoms with Crippen LogP contribution in [-0.4, -0.2) is 14.2 Å². The van der Waals surface area contributed by atoms with Crippen LogP contribution in [-0.2, 0) is 10.8 Å². The molecule has 17 rings (SSSR count). The molecule has 2 nitrogen and oxygen atoms in total. The SMILES string of the molecule is COc1ccc(-c2c3ccccc3c(-c3ccc4c(c3)C(C)(C)c3cc(-c5ccc6c(c5)C(C)(C)c5cc(-c7c8ccccc8c(-c8c9ccccc9c(-c9ccc(OC)c(C)c9)c9ccccc89)c8ccccc78)ccc5-6)ccc3-4)c3ccccc23)cc1C. The highest BCUT2D eigenvalue weighted by Crippen LogP contribution is 2.56. The summed E-state index contributed by atoms with van der Waals surface area (Å²) in [6.07, 6.45) is 0. The maximum absolute atomic E-state index is 5.74. The first-order valence-electron chi connectivity index (χ1n) is 31.6. The first-order chi connectivity index (χ1) is 43.9. The molecule has 0 aliphatic heterocycles. The highest BCUT2D eigenvalue weighted by Gasteiger charge is 2.39. The van der Waals surface area contributed by atoms with Crippen LogP contribution in [0, 0.1) is 13.8 Å². The molecule has 2 aliphatic carbocycles. The Morgan fingerprint density at radius 1 is 0.222 bits per heavy atom. The minimum Gasteiger partial charge on any atom is -0.496 e. The molecule has 0 bridgehead atoms. The maximum Gasteiger partial charge on any atom is 0.121 e. The van der Waals surface area contributed by atoms with E-state index in [1.807, 2.05) is 0 Å². The molecular weight excluding hydrogens is 1090 g/mol. The number of methoxy groups -OCH3 is 2. The summed E-state index contributed by atoms with van der Waals surface area (Å²) in [5.41, 5.74) is 27.4. The average molecular weight is 1160 g/mol. The molecule has 0 saturated carbocycles. The van der Waals surface area contributed by atoms with E-state index in [4.69, 9.17) is 9.47 Å². The quantitative estimate of drug-likeness (QED) is 0.141. The molecule has 0 saturated heterocycles. The van der Waals surface area contributed by atoms with Crippen molar-refractivity contribution in [2.45, 2.75) is 52.4 Å². The van der Waals surface area contributed by atoms with Gasteiger partial charge in [0.05, 0.1) is 14.2 Å². The standard InChI is InChI=1S/C88H66O2/c1-51-45-55(37-43-79(51)89-7)81-63-21-9-11-23-65(63)83(66-24-12-10-22-64(66)81)57-35-41-61-59-39-33-53(47-75(59)87(3,4)77(61)49-57)54-34-40-60-62-42-36-58(50-78(62)88(5,6)76(60)48-54)84-69-27-15-19-31-73(69)86(74-32-20-16-28-70(74)84)85-71-29-17-13-25-67(71)82(68-26-14-18-30-72(68)85)56-38-44-80(90-8)52(2)46-56/h9-50H,1-8H3. The van der Waals surface area contributed by atoms with E-state index in [2.05, 4.69) is 296 Å². The van der Waals surface area contributed by atoms with Gasteiger partial charge >= 0.3 is 0 Å². The largest absolute Gasteiger partial charge is 0.496 e. The Bertz CT molecular complexity index is 5430. The van der Waals surface area contributed by atoms with Crippen molar-refractivity contribution in [1.82, 2.24) is 0 Å². The Balaban J connectivity index is 0.744. The Morgan fingerprint density at radius 2 is 0.422 bits per heavy atom. The Kier molecular flexibility index (Phi) is 11.9. The summed E-state index contributed by atoms with van der Waals surface area (Å²) in [6.45, 7) is 14.0. The Morgan fingerprint density at radius 3 is 0.656 bits per heavy atom. The van der Waals surface area contributed by atoms with Crippen LogP contribution >= 0.6 is 0 Å². The fourth-order valence-electron chi connectivity index (χ4n) is 16.4. The lowest BCUT2D eigenvalue weighted by molar-refractivity contribution is 0.411. The lowest BCUT2D eigenvalue weighted by atomic mass is 9.78. The molecule has 0 amide bonds. The summed E-state index contributed by atoms with van der Waals surface area (Å²) in [7, 11) is 3.50. The van der Waals surface area contributed by atoms with Gasteiger partial charge < -0.3 is 9.47 Å². The number of aryl methyl sites for hydroxylation is 2. The average Bonchev–Trinajstić information content (AvgIpc) is 0.966. The van der Waals surface area contributed by atoms with Gasteiger partial charge in [0.2, 0.25) is 0 Å². The van der Waals surface area contributed by atoms with Gasteiger partial charge in [0.1, 0.15) is 11.5 Å². The van der Waals surface area contributed by atoms with Gasteiger partial charge in [-0.1, -0.05) is 234 Å². The summed E-state index contributed by atoms with van der Waals surface area (Å²) in [6, 6.07) is 96.4. The van der Waals surface area contributed by atoms with E-state index in [1.165, 1.54) is 176 Å². The molecule has 0 fully saturated rings. The molecule has 2 aliphatic rings. The van der Waals surface area contributed by atoms with E-state index in [9.17, 15) is 0 Å². The van der Waals surface area contributed by atoms with Gasteiger partial charge in [0.15, 0.2) is 0 Å². The highest BCUT2D eigenvalue weighted by molar-refractivity contribution is 6.30. The molecule has 2 heteroatoms. The fourth-order valence-corrected chi connectivity index (χ4v) is 16.4. The Hall–Kier alpha value is -10.5. The van der Waals surface area contributed by atoms with Gasteiger partial charge in [-0.2, -0.15) is 0 Å². The van der Waals surface area contributed by atoms with Gasteiger partial charge in [0.25, 0.3) is 0 Å². The summed E-state index contributed by atoms with van der Waals surface area (Å²) < 4.78 is 11.4. The predicted octanol–water partition coefficient (Wildman–Crippen LogP) is 23.9. The lowest BCUT2D eigenvalue weighted by Crippen LogP contribution is -2.15. The van der Waals surface area contributed by atoms with Gasteiger partial charge in [-0.15, -0.1) is 0 Å². The zero-order valence-electron chi connectivity index (χ0n) is 52.1. The molecule has 0 heterocycles. The molecule has 0 radical (unpaired) electrons. The third-order valence-electron chi connectivity index (χ3n) is 20.7. The van der Waals surface area contributed by atoms with Crippen molar-refractivity contribution in [2.75, 3.05) is 14.2 Å². The Labute approximate surface area is 526 Å². The van der Waals surface area contributed by atoms with Crippen molar-refractivity contribution in [3.63, 3.8) is 0 Å². The zero-order chi connectivity index (χ0) is 60.9. The molecule has 0 N–H and O–H groups in total. The van der Waals surface area contributed by atoms with Crippen molar-refractivity contribution in [2.24, 2.45) is 0 Å². The van der Waals surface area contributed by atoms with Gasteiger partial charge in [-0.3, -0.25) is 0 Å². The molecule has 15 aromatic rings. The third-order valence-corrected chi connectivity index (χ3v) is 20.7. The van der Waals surface area contributed by atoms with Crippen molar-refractivity contribution in [1.29, 1.82) is 0 Å². The topological polar surface area (TPSA) is 18.5 Å². The van der Waals surface area contributed by atoms with E-state index in [1.54, 1.807) is 14.2 Å². The second kappa shape index (κ2) is 20.0. The van der Waals surface area contributed by atoms with Crippen LogP contribution in [0.5, 0.6) is 11.5 Å². The third kappa shape index (κ3) is 7.77. The van der Waals surface area contributed by atoms with E-state index in [-0.39, 0.29) is 10.8 Å². The minimum atomic E-state index is -0.257. The molecular formula is C88H66O2. The molecule has 0 spiro atoms. The first kappa shape index (κ1) is 53.7. The van der Waals surface area contributed by atoms with Crippen LogP contribution < -0.4 is 9.47 Å². The van der Waals surface area contributed by atoms with E-state index < -0.39 is 0 Å². The first-order valence-corrected chi connectivity index (χ1v) is 31.6. The molecule has 90 heavy (non-hydrogen) atoms. The van der Waals surface area contributed by atoms with Crippen LogP contribution in [0.2, 0.25) is 0 Å². The number of rotatable bonds is 8. The van der Waals surface area contributed by atoms with E-state index in [0.717, 1.165) is 22.6 Å². The van der Waals surface area contributed by atoms with Crippen LogP contribution in [0.25, 0.3) is 154 Å².